The van der Waals surface area contributed by atoms with Crippen molar-refractivity contribution in [2.24, 2.45) is 10.7 Å². The van der Waals surface area contributed by atoms with Gasteiger partial charge < -0.3 is 15.5 Å². The number of guanidine groups is 1. The van der Waals surface area contributed by atoms with Crippen LogP contribution in [0.1, 0.15) is 36.7 Å². The maximum absolute atomic E-state index is 6.13. The Kier molecular flexibility index (Phi) is 9.96. The Balaban J connectivity index is 0.00000300. The van der Waals surface area contributed by atoms with Crippen molar-refractivity contribution in [2.75, 3.05) is 26.7 Å². The smallest absolute Gasteiger partial charge is 0.188 e. The van der Waals surface area contributed by atoms with Gasteiger partial charge in [-0.3, -0.25) is 9.80 Å². The number of halogens is 1. The van der Waals surface area contributed by atoms with Crippen molar-refractivity contribution in [3.8, 4) is 0 Å². The van der Waals surface area contributed by atoms with Crippen molar-refractivity contribution in [1.29, 1.82) is 0 Å². The maximum atomic E-state index is 6.13. The van der Waals surface area contributed by atoms with E-state index in [1.807, 2.05) is 12.1 Å². The summed E-state index contributed by atoms with van der Waals surface area (Å²) in [5.41, 5.74) is 8.59. The molecular weight excluding hydrogens is 477 g/mol. The van der Waals surface area contributed by atoms with Gasteiger partial charge in [0.25, 0.3) is 0 Å². The normalized spacial score (nSPS) is 17.5. The van der Waals surface area contributed by atoms with Crippen LogP contribution in [-0.2, 0) is 19.6 Å². The van der Waals surface area contributed by atoms with Gasteiger partial charge in [-0.15, -0.1) is 24.0 Å². The first-order valence-corrected chi connectivity index (χ1v) is 10.2. The molecule has 1 atom stereocenters. The van der Waals surface area contributed by atoms with E-state index in [1.54, 1.807) is 6.26 Å². The second-order valence-electron chi connectivity index (χ2n) is 7.53. The van der Waals surface area contributed by atoms with Gasteiger partial charge in [0.1, 0.15) is 5.76 Å². The van der Waals surface area contributed by atoms with E-state index in [9.17, 15) is 0 Å². The number of hydrogen-bond donors (Lipinski definition) is 2. The van der Waals surface area contributed by atoms with Crippen LogP contribution >= 0.6 is 24.0 Å². The molecule has 0 radical (unpaired) electrons. The van der Waals surface area contributed by atoms with Crippen LogP contribution in [-0.4, -0.2) is 48.5 Å². The topological polar surface area (TPSA) is 70.0 Å². The molecule has 0 bridgehead atoms. The molecular formula is C22H34IN5O. The largest absolute Gasteiger partial charge is 0.468 e. The molecule has 160 valence electrons. The first kappa shape index (κ1) is 23.7. The molecule has 29 heavy (non-hydrogen) atoms. The van der Waals surface area contributed by atoms with E-state index >= 15 is 0 Å². The fourth-order valence-corrected chi connectivity index (χ4v) is 3.87. The molecule has 7 heteroatoms. The highest BCUT2D eigenvalue weighted by atomic mass is 127. The van der Waals surface area contributed by atoms with Gasteiger partial charge in [-0.05, 0) is 56.2 Å². The third-order valence-corrected chi connectivity index (χ3v) is 5.41. The Morgan fingerprint density at radius 3 is 2.76 bits per heavy atom. The Bertz CT molecular complexity index is 749. The Hall–Kier alpha value is -1.58. The molecule has 1 saturated heterocycles. The van der Waals surface area contributed by atoms with E-state index in [0.29, 0.717) is 18.5 Å². The van der Waals surface area contributed by atoms with Gasteiger partial charge in [0.05, 0.1) is 19.4 Å². The lowest BCUT2D eigenvalue weighted by molar-refractivity contribution is 0.267. The van der Waals surface area contributed by atoms with Crippen LogP contribution in [0, 0.1) is 0 Å². The Labute approximate surface area is 191 Å². The zero-order valence-corrected chi connectivity index (χ0v) is 19.8. The summed E-state index contributed by atoms with van der Waals surface area (Å²) in [4.78, 5) is 9.32. The van der Waals surface area contributed by atoms with Crippen molar-refractivity contribution >= 4 is 29.9 Å². The molecule has 1 fully saturated rings. The van der Waals surface area contributed by atoms with Crippen molar-refractivity contribution in [2.45, 2.75) is 45.4 Å². The maximum Gasteiger partial charge on any atom is 0.188 e. The fourth-order valence-electron chi connectivity index (χ4n) is 3.87. The molecule has 1 aliphatic rings. The van der Waals surface area contributed by atoms with Crippen LogP contribution < -0.4 is 11.1 Å². The van der Waals surface area contributed by atoms with Crippen LogP contribution in [0.15, 0.2) is 52.1 Å². The molecule has 3 N–H and O–H groups in total. The summed E-state index contributed by atoms with van der Waals surface area (Å²) in [6.07, 6.45) is 4.22. The lowest BCUT2D eigenvalue weighted by atomic mass is 10.1. The van der Waals surface area contributed by atoms with Crippen LogP contribution in [0.4, 0.5) is 0 Å². The van der Waals surface area contributed by atoms with Crippen LogP contribution in [0.2, 0.25) is 0 Å². The van der Waals surface area contributed by atoms with Gasteiger partial charge in [-0.1, -0.05) is 31.2 Å². The standard InChI is InChI=1S/C22H33N5O.HI/c1-3-27-12-6-10-20(27)15-25-22(23)24-14-18-8-4-5-9-19(18)16-26(2)17-21-11-7-13-28-21;/h4-5,7-9,11,13,20H,3,6,10,12,14-17H2,1-2H3,(H3,23,24,25);1H. The molecule has 0 amide bonds. The minimum Gasteiger partial charge on any atom is -0.468 e. The van der Waals surface area contributed by atoms with E-state index in [2.05, 4.69) is 58.3 Å². The summed E-state index contributed by atoms with van der Waals surface area (Å²) in [6, 6.07) is 12.9. The number of nitrogens with one attached hydrogen (secondary N) is 1. The molecule has 1 aliphatic heterocycles. The number of likely N-dealkylation sites (N-methyl/N-ethyl adjacent to an activating group) is 1. The van der Waals surface area contributed by atoms with Crippen LogP contribution in [0.5, 0.6) is 0 Å². The third-order valence-electron chi connectivity index (χ3n) is 5.41. The predicted octanol–water partition coefficient (Wildman–Crippen LogP) is 3.42. The zero-order chi connectivity index (χ0) is 19.8. The molecule has 6 nitrogen and oxygen atoms in total. The minimum atomic E-state index is 0. The van der Waals surface area contributed by atoms with Crippen molar-refractivity contribution in [1.82, 2.24) is 15.1 Å². The third kappa shape index (κ3) is 7.31. The van der Waals surface area contributed by atoms with E-state index in [0.717, 1.165) is 31.9 Å². The van der Waals surface area contributed by atoms with E-state index in [1.165, 1.54) is 30.5 Å². The van der Waals surface area contributed by atoms with Gasteiger partial charge in [0.15, 0.2) is 5.96 Å². The lowest BCUT2D eigenvalue weighted by Gasteiger charge is -2.23. The number of aliphatic imine (C=N–C) groups is 1. The first-order chi connectivity index (χ1) is 13.7. The van der Waals surface area contributed by atoms with Crippen LogP contribution in [0.3, 0.4) is 0 Å². The molecule has 3 rings (SSSR count). The summed E-state index contributed by atoms with van der Waals surface area (Å²) >= 11 is 0. The summed E-state index contributed by atoms with van der Waals surface area (Å²) in [6.45, 7) is 7.59. The lowest BCUT2D eigenvalue weighted by Crippen LogP contribution is -2.42. The van der Waals surface area contributed by atoms with Crippen molar-refractivity contribution < 1.29 is 4.42 Å². The van der Waals surface area contributed by atoms with Crippen molar-refractivity contribution in [3.05, 3.63) is 59.5 Å². The SMILES string of the molecule is CCN1CCCC1CNC(N)=NCc1ccccc1CN(C)Cc1ccco1.I. The summed E-state index contributed by atoms with van der Waals surface area (Å²) in [7, 11) is 2.10. The Morgan fingerprint density at radius 2 is 2.03 bits per heavy atom. The van der Waals surface area contributed by atoms with E-state index < -0.39 is 0 Å². The molecule has 0 spiro atoms. The number of nitrogens with two attached hydrogens (primary N) is 1. The average molecular weight is 511 g/mol. The number of likely N-dealkylation sites (tertiary alicyclic amines) is 1. The Morgan fingerprint density at radius 1 is 1.24 bits per heavy atom. The summed E-state index contributed by atoms with van der Waals surface area (Å²) in [5, 5.41) is 3.31. The summed E-state index contributed by atoms with van der Waals surface area (Å²) in [5.74, 6) is 1.50. The van der Waals surface area contributed by atoms with Gasteiger partial charge in [0.2, 0.25) is 0 Å². The van der Waals surface area contributed by atoms with Crippen molar-refractivity contribution in [3.63, 3.8) is 0 Å². The molecule has 2 aromatic rings. The molecule has 0 aliphatic carbocycles. The number of benzene rings is 1. The van der Waals surface area contributed by atoms with E-state index in [-0.39, 0.29) is 24.0 Å². The zero-order valence-electron chi connectivity index (χ0n) is 17.5. The van der Waals surface area contributed by atoms with E-state index in [4.69, 9.17) is 10.2 Å². The molecule has 1 aromatic carbocycles. The number of furan rings is 1. The molecule has 2 heterocycles. The van der Waals surface area contributed by atoms with Gasteiger partial charge >= 0.3 is 0 Å². The monoisotopic (exact) mass is 511 g/mol. The minimum absolute atomic E-state index is 0. The second-order valence-corrected chi connectivity index (χ2v) is 7.53. The fraction of sp³-hybridized carbons (Fsp3) is 0.500. The molecule has 1 aromatic heterocycles. The number of rotatable bonds is 9. The highest BCUT2D eigenvalue weighted by molar-refractivity contribution is 14.0. The second kappa shape index (κ2) is 12.2. The predicted molar refractivity (Wildman–Crippen MR) is 129 cm³/mol. The van der Waals surface area contributed by atoms with Gasteiger partial charge in [-0.2, -0.15) is 0 Å². The summed E-state index contributed by atoms with van der Waals surface area (Å²) < 4.78 is 5.44. The highest BCUT2D eigenvalue weighted by Gasteiger charge is 2.22. The quantitative estimate of drug-likeness (QED) is 0.307. The van der Waals surface area contributed by atoms with Gasteiger partial charge in [-0.25, -0.2) is 4.99 Å². The van der Waals surface area contributed by atoms with Gasteiger partial charge in [0, 0.05) is 19.1 Å². The molecule has 0 saturated carbocycles. The number of nitrogens with zero attached hydrogens (tertiary/aromatic N) is 3. The highest BCUT2D eigenvalue weighted by Crippen LogP contribution is 2.16. The van der Waals surface area contributed by atoms with Crippen LogP contribution in [0.25, 0.3) is 0 Å². The molecule has 1 unspecified atom stereocenters. The average Bonchev–Trinajstić information content (AvgIpc) is 3.37. The number of hydrogen-bond acceptors (Lipinski definition) is 4. The first-order valence-electron chi connectivity index (χ1n) is 10.2.